The SMILES string of the molecule is COc1ccc2c(O[C@@H]3C[C@H]4C(=O)N[C@]5(C(=O)O)C[C@H]5/C=C\CCC(C)CC[C@H](NC(=O)OC5CCCC5)C(=O)N4C3)cc(-c3csc(NC(C)C)n3)nc2c1. The third kappa shape index (κ3) is 8.72. The van der Waals surface area contributed by atoms with E-state index in [1.54, 1.807) is 7.11 Å². The summed E-state index contributed by atoms with van der Waals surface area (Å²) in [6.07, 6.45) is 8.83. The number of carboxylic acid groups (broad SMARTS) is 1. The van der Waals surface area contributed by atoms with Gasteiger partial charge in [-0.2, -0.15) is 0 Å². The Morgan fingerprint density at radius 2 is 1.86 bits per heavy atom. The number of benzene rings is 1. The summed E-state index contributed by atoms with van der Waals surface area (Å²) in [4.78, 5) is 65.8. The van der Waals surface area contributed by atoms with Gasteiger partial charge >= 0.3 is 12.1 Å². The summed E-state index contributed by atoms with van der Waals surface area (Å²) >= 11 is 1.47. The molecule has 14 nitrogen and oxygen atoms in total. The van der Waals surface area contributed by atoms with Crippen LogP contribution in [0.3, 0.4) is 0 Å². The van der Waals surface area contributed by atoms with Gasteiger partial charge in [-0.05, 0) is 89.7 Å². The van der Waals surface area contributed by atoms with Crippen molar-refractivity contribution >= 4 is 51.2 Å². The number of aliphatic carboxylic acids is 1. The minimum Gasteiger partial charge on any atom is -0.497 e. The van der Waals surface area contributed by atoms with E-state index in [0.29, 0.717) is 46.6 Å². The third-order valence-electron chi connectivity index (χ3n) is 11.4. The van der Waals surface area contributed by atoms with E-state index in [9.17, 15) is 24.3 Å². The molecule has 0 bridgehead atoms. The minimum absolute atomic E-state index is 0.0280. The number of fused-ring (bicyclic) bond motifs is 3. The first kappa shape index (κ1) is 39.3. The molecule has 3 aromatic rings. The highest BCUT2D eigenvalue weighted by Crippen LogP contribution is 2.46. The minimum atomic E-state index is -1.46. The van der Waals surface area contributed by atoms with E-state index in [-0.39, 0.29) is 43.4 Å². The molecule has 3 fully saturated rings. The molecule has 300 valence electrons. The fourth-order valence-electron chi connectivity index (χ4n) is 8.09. The van der Waals surface area contributed by atoms with Crippen LogP contribution < -0.4 is 25.4 Å². The van der Waals surface area contributed by atoms with E-state index in [4.69, 9.17) is 24.2 Å². The van der Waals surface area contributed by atoms with Gasteiger partial charge in [0.25, 0.3) is 0 Å². The summed E-state index contributed by atoms with van der Waals surface area (Å²) in [7, 11) is 1.58. The van der Waals surface area contributed by atoms with Crippen molar-refractivity contribution in [3.05, 3.63) is 41.8 Å². The molecule has 2 aromatic heterocycles. The number of aromatic nitrogens is 2. The second-order valence-corrected chi connectivity index (χ2v) is 16.8. The summed E-state index contributed by atoms with van der Waals surface area (Å²) in [5, 5.41) is 22.7. The van der Waals surface area contributed by atoms with Crippen LogP contribution in [0.15, 0.2) is 41.8 Å². The van der Waals surface area contributed by atoms with Gasteiger partial charge in [-0.15, -0.1) is 11.3 Å². The zero-order chi connectivity index (χ0) is 39.6. The van der Waals surface area contributed by atoms with Crippen molar-refractivity contribution in [3.8, 4) is 22.9 Å². The van der Waals surface area contributed by atoms with Crippen LogP contribution in [0.5, 0.6) is 11.5 Å². The lowest BCUT2D eigenvalue weighted by Gasteiger charge is -2.30. The number of carbonyl (C=O) groups excluding carboxylic acids is 3. The number of thiazole rings is 1. The maximum absolute atomic E-state index is 14.6. The number of ether oxygens (including phenoxy) is 3. The van der Waals surface area contributed by atoms with Crippen LogP contribution in [0, 0.1) is 11.8 Å². The molecule has 7 rings (SSSR count). The molecule has 4 heterocycles. The molecule has 6 atom stereocenters. The summed E-state index contributed by atoms with van der Waals surface area (Å²) in [5.41, 5.74) is 0.383. The van der Waals surface area contributed by atoms with Crippen molar-refractivity contribution in [2.75, 3.05) is 19.0 Å². The number of rotatable bonds is 9. The van der Waals surface area contributed by atoms with Gasteiger partial charge in [0.05, 0.1) is 24.9 Å². The van der Waals surface area contributed by atoms with Crippen molar-refractivity contribution in [1.82, 2.24) is 25.5 Å². The molecular formula is C41H52N6O8S. The van der Waals surface area contributed by atoms with Gasteiger partial charge in [0.1, 0.15) is 47.0 Å². The third-order valence-corrected chi connectivity index (χ3v) is 12.1. The van der Waals surface area contributed by atoms with Gasteiger partial charge in [-0.3, -0.25) is 9.59 Å². The molecule has 1 unspecified atom stereocenters. The van der Waals surface area contributed by atoms with E-state index >= 15 is 0 Å². The first-order chi connectivity index (χ1) is 26.9. The van der Waals surface area contributed by atoms with E-state index in [1.165, 1.54) is 16.2 Å². The first-order valence-electron chi connectivity index (χ1n) is 19.8. The summed E-state index contributed by atoms with van der Waals surface area (Å²) < 4.78 is 17.9. The molecule has 4 aliphatic rings. The second-order valence-electron chi connectivity index (χ2n) is 16.0. The number of amides is 3. The van der Waals surface area contributed by atoms with Crippen molar-refractivity contribution in [3.63, 3.8) is 0 Å². The average molecular weight is 789 g/mol. The van der Waals surface area contributed by atoms with Gasteiger partial charge in [-0.1, -0.05) is 19.1 Å². The van der Waals surface area contributed by atoms with Crippen LogP contribution in [0.4, 0.5) is 9.93 Å². The normalized spacial score (nSPS) is 27.7. The molecule has 1 aromatic carbocycles. The van der Waals surface area contributed by atoms with Crippen LogP contribution in [-0.2, 0) is 19.1 Å². The number of pyridine rings is 1. The molecule has 3 amide bonds. The number of hydrogen-bond acceptors (Lipinski definition) is 11. The molecule has 2 saturated carbocycles. The van der Waals surface area contributed by atoms with E-state index < -0.39 is 47.6 Å². The monoisotopic (exact) mass is 788 g/mol. The molecule has 0 radical (unpaired) electrons. The maximum Gasteiger partial charge on any atom is 0.408 e. The Hall–Kier alpha value is -4.92. The fourth-order valence-corrected chi connectivity index (χ4v) is 8.94. The Balaban J connectivity index is 1.21. The molecule has 2 aliphatic carbocycles. The van der Waals surface area contributed by atoms with Crippen molar-refractivity contribution in [1.29, 1.82) is 0 Å². The lowest BCUT2D eigenvalue weighted by atomic mass is 9.96. The molecule has 2 aliphatic heterocycles. The van der Waals surface area contributed by atoms with Gasteiger partial charge in [0.15, 0.2) is 5.13 Å². The second kappa shape index (κ2) is 16.7. The highest BCUT2D eigenvalue weighted by molar-refractivity contribution is 7.14. The summed E-state index contributed by atoms with van der Waals surface area (Å²) in [6.45, 7) is 6.21. The number of carboxylic acids is 1. The number of hydrogen-bond donors (Lipinski definition) is 4. The first-order valence-corrected chi connectivity index (χ1v) is 20.7. The maximum atomic E-state index is 14.6. The van der Waals surface area contributed by atoms with Crippen LogP contribution in [0.1, 0.15) is 85.0 Å². The van der Waals surface area contributed by atoms with Gasteiger partial charge in [-0.25, -0.2) is 19.6 Å². The van der Waals surface area contributed by atoms with Gasteiger partial charge < -0.3 is 40.2 Å². The number of methoxy groups -OCH3 is 1. The van der Waals surface area contributed by atoms with Gasteiger partial charge in [0.2, 0.25) is 11.8 Å². The Kier molecular flexibility index (Phi) is 11.7. The predicted octanol–water partition coefficient (Wildman–Crippen LogP) is 6.30. The lowest BCUT2D eigenvalue weighted by Crippen LogP contribution is -2.56. The summed E-state index contributed by atoms with van der Waals surface area (Å²) in [6, 6.07) is 5.48. The molecule has 1 saturated heterocycles. The number of carbonyl (C=O) groups is 4. The largest absolute Gasteiger partial charge is 0.497 e. The lowest BCUT2D eigenvalue weighted by molar-refractivity contribution is -0.145. The molecule has 15 heteroatoms. The predicted molar refractivity (Wildman–Crippen MR) is 212 cm³/mol. The van der Waals surface area contributed by atoms with Crippen LogP contribution >= 0.6 is 11.3 Å². The van der Waals surface area contributed by atoms with Crippen LogP contribution in [0.25, 0.3) is 22.3 Å². The number of alkyl carbamates (subject to hydrolysis) is 1. The molecule has 0 spiro atoms. The van der Waals surface area contributed by atoms with Gasteiger partial charge in [0, 0.05) is 41.3 Å². The van der Waals surface area contributed by atoms with Crippen LogP contribution in [0.2, 0.25) is 0 Å². The molecule has 56 heavy (non-hydrogen) atoms. The zero-order valence-corrected chi connectivity index (χ0v) is 33.2. The Labute approximate surface area is 330 Å². The van der Waals surface area contributed by atoms with Crippen molar-refractivity contribution in [2.45, 2.75) is 121 Å². The molecule has 4 N–H and O–H groups in total. The van der Waals surface area contributed by atoms with E-state index in [1.807, 2.05) is 55.6 Å². The van der Waals surface area contributed by atoms with Crippen LogP contribution in [-0.4, -0.2) is 93.4 Å². The number of nitrogens with one attached hydrogen (secondary N) is 3. The topological polar surface area (TPSA) is 181 Å². The highest BCUT2D eigenvalue weighted by atomic mass is 32.1. The van der Waals surface area contributed by atoms with Crippen molar-refractivity contribution < 1.29 is 38.5 Å². The Bertz CT molecular complexity index is 1980. The Morgan fingerprint density at radius 3 is 2.61 bits per heavy atom. The zero-order valence-electron chi connectivity index (χ0n) is 32.4. The number of anilines is 1. The Morgan fingerprint density at radius 1 is 1.05 bits per heavy atom. The fraction of sp³-hybridized carbons (Fsp3) is 0.561. The standard InChI is InChI=1S/C41H52N6O8S/c1-23(2)42-39-44-33(22-56-39)32-19-35(29-15-14-27(53-4)17-31(29)43-32)54-28-18-34-36(48)46-41(38(50)51)20-25(41)10-6-5-9-24(3)13-16-30(37(49)47(34)21-28)45-40(52)55-26-11-7-8-12-26/h6,10,14-15,17,19,22-26,28,30,34H,5,7-9,11-13,16,18,20-21H2,1-4H3,(H,42,44)(H,45,52)(H,46,48)(H,50,51)/b10-6-/t24?,25-,28-,30+,34+,41-/m1/s1. The summed E-state index contributed by atoms with van der Waals surface area (Å²) in [5.74, 6) is -1.16. The van der Waals surface area contributed by atoms with E-state index in [0.717, 1.165) is 43.7 Å². The van der Waals surface area contributed by atoms with Crippen molar-refractivity contribution in [2.24, 2.45) is 11.8 Å². The van der Waals surface area contributed by atoms with E-state index in [2.05, 4.69) is 22.9 Å². The number of nitrogens with zero attached hydrogens (tertiary/aromatic N) is 3. The average Bonchev–Trinajstić information content (AvgIpc) is 3.59. The quantitative estimate of drug-likeness (QED) is 0.179. The molecular weight excluding hydrogens is 737 g/mol. The highest BCUT2D eigenvalue weighted by Gasteiger charge is 2.61. The number of allylic oxidation sites excluding steroid dienone is 1. The smallest absolute Gasteiger partial charge is 0.408 e.